The number of benzene rings is 2. The van der Waals surface area contributed by atoms with E-state index < -0.39 is 0 Å². The van der Waals surface area contributed by atoms with Crippen LogP contribution in [0.5, 0.6) is 0 Å². The lowest BCUT2D eigenvalue weighted by molar-refractivity contribution is 0.208. The zero-order valence-corrected chi connectivity index (χ0v) is 15.1. The van der Waals surface area contributed by atoms with E-state index in [1.54, 1.807) is 0 Å². The van der Waals surface area contributed by atoms with E-state index in [1.807, 2.05) is 6.20 Å². The molecule has 2 aromatic carbocycles. The molecular weight excluding hydrogens is 364 g/mol. The fourth-order valence-corrected chi connectivity index (χ4v) is 3.93. The minimum absolute atomic E-state index is 0.496. The maximum atomic E-state index is 4.09. The fraction of sp³-hybridized carbons (Fsp3) is 0.316. The molecule has 1 aliphatic heterocycles. The highest BCUT2D eigenvalue weighted by Gasteiger charge is 2.20. The molecule has 3 aromatic rings. The van der Waals surface area contributed by atoms with Gasteiger partial charge in [-0.2, -0.15) is 5.10 Å². The highest BCUT2D eigenvalue weighted by atomic mass is 79.9. The predicted molar refractivity (Wildman–Crippen MR) is 102 cm³/mol. The average molecular weight is 385 g/mol. The number of rotatable bonds is 4. The quantitative estimate of drug-likeness (QED) is 0.700. The van der Waals surface area contributed by atoms with Gasteiger partial charge in [-0.15, -0.1) is 0 Å². The van der Waals surface area contributed by atoms with E-state index in [2.05, 4.69) is 78.8 Å². The smallest absolute Gasteiger partial charge is 0.0651 e. The molecule has 0 radical (unpaired) electrons. The van der Waals surface area contributed by atoms with Crippen LogP contribution in [0.1, 0.15) is 18.4 Å². The Morgan fingerprint density at radius 3 is 3.12 bits per heavy atom. The summed E-state index contributed by atoms with van der Waals surface area (Å²) in [5.74, 6) is 0. The maximum Gasteiger partial charge on any atom is 0.0651 e. The number of H-pyrrole nitrogens is 1. The molecule has 0 saturated carbocycles. The number of aromatic amines is 1. The normalized spacial score (nSPS) is 18.8. The van der Waals surface area contributed by atoms with Gasteiger partial charge in [0.05, 0.1) is 11.7 Å². The molecule has 0 spiro atoms. The molecule has 0 aliphatic carbocycles. The first-order valence-corrected chi connectivity index (χ1v) is 9.22. The van der Waals surface area contributed by atoms with Crippen molar-refractivity contribution in [1.29, 1.82) is 0 Å². The van der Waals surface area contributed by atoms with E-state index in [4.69, 9.17) is 0 Å². The Balaban J connectivity index is 1.40. The van der Waals surface area contributed by atoms with Crippen molar-refractivity contribution < 1.29 is 0 Å². The maximum absolute atomic E-state index is 4.09. The molecule has 1 saturated heterocycles. The van der Waals surface area contributed by atoms with Crippen LogP contribution in [0, 0.1) is 0 Å². The number of halogens is 1. The topological polar surface area (TPSA) is 44.0 Å². The predicted octanol–water partition coefficient (Wildman–Crippen LogP) is 4.40. The summed E-state index contributed by atoms with van der Waals surface area (Å²) in [6.45, 7) is 3.26. The van der Waals surface area contributed by atoms with Gasteiger partial charge in [0.15, 0.2) is 0 Å². The highest BCUT2D eigenvalue weighted by molar-refractivity contribution is 9.10. The number of anilines is 1. The van der Waals surface area contributed by atoms with Crippen LogP contribution < -0.4 is 5.32 Å². The fourth-order valence-electron chi connectivity index (χ4n) is 3.48. The average Bonchev–Trinajstić information content (AvgIpc) is 3.03. The molecule has 4 nitrogen and oxygen atoms in total. The third-order valence-electron chi connectivity index (χ3n) is 4.61. The lowest BCUT2D eigenvalue weighted by atomic mass is 10.0. The van der Waals surface area contributed by atoms with Crippen LogP contribution in [0.15, 0.2) is 53.1 Å². The molecule has 0 bridgehead atoms. The Bertz CT molecular complexity index is 829. The second-order valence-corrected chi connectivity index (χ2v) is 7.44. The van der Waals surface area contributed by atoms with Crippen molar-refractivity contribution in [1.82, 2.24) is 15.1 Å². The van der Waals surface area contributed by atoms with E-state index >= 15 is 0 Å². The molecule has 1 fully saturated rings. The zero-order chi connectivity index (χ0) is 16.4. The second-order valence-electron chi connectivity index (χ2n) is 6.52. The zero-order valence-electron chi connectivity index (χ0n) is 13.5. The molecule has 0 unspecified atom stereocenters. The van der Waals surface area contributed by atoms with Crippen molar-refractivity contribution in [3.63, 3.8) is 0 Å². The molecule has 1 atom stereocenters. The lowest BCUT2D eigenvalue weighted by Crippen LogP contribution is -2.41. The molecule has 1 aromatic heterocycles. The van der Waals surface area contributed by atoms with Gasteiger partial charge in [-0.05, 0) is 55.3 Å². The van der Waals surface area contributed by atoms with Crippen molar-refractivity contribution in [3.05, 3.63) is 58.7 Å². The summed E-state index contributed by atoms with van der Waals surface area (Å²) in [5, 5.41) is 11.9. The molecule has 5 heteroatoms. The number of fused-ring (bicyclic) bond motifs is 1. The molecule has 124 valence electrons. The van der Waals surface area contributed by atoms with Gasteiger partial charge in [0, 0.05) is 34.7 Å². The summed E-state index contributed by atoms with van der Waals surface area (Å²) in [6.07, 6.45) is 4.33. The number of nitrogens with one attached hydrogen (secondary N) is 2. The highest BCUT2D eigenvalue weighted by Crippen LogP contribution is 2.21. The summed E-state index contributed by atoms with van der Waals surface area (Å²) >= 11 is 3.56. The van der Waals surface area contributed by atoms with Gasteiger partial charge in [0.25, 0.3) is 0 Å². The summed E-state index contributed by atoms with van der Waals surface area (Å²) in [7, 11) is 0. The van der Waals surface area contributed by atoms with Crippen LogP contribution in [-0.2, 0) is 6.54 Å². The molecule has 2 N–H and O–H groups in total. The van der Waals surface area contributed by atoms with Crippen LogP contribution in [0.2, 0.25) is 0 Å². The van der Waals surface area contributed by atoms with Crippen LogP contribution in [-0.4, -0.2) is 34.2 Å². The first-order valence-electron chi connectivity index (χ1n) is 8.43. The number of aromatic nitrogens is 2. The number of nitrogens with zero attached hydrogens (tertiary/aromatic N) is 2. The summed E-state index contributed by atoms with van der Waals surface area (Å²) < 4.78 is 1.15. The van der Waals surface area contributed by atoms with Gasteiger partial charge in [0.2, 0.25) is 0 Å². The third kappa shape index (κ3) is 3.62. The Morgan fingerprint density at radius 1 is 1.25 bits per heavy atom. The number of hydrogen-bond donors (Lipinski definition) is 2. The molecule has 4 rings (SSSR count). The molecule has 2 heterocycles. The molecule has 24 heavy (non-hydrogen) atoms. The van der Waals surface area contributed by atoms with Crippen molar-refractivity contribution >= 4 is 32.5 Å². The van der Waals surface area contributed by atoms with E-state index in [1.165, 1.54) is 30.6 Å². The van der Waals surface area contributed by atoms with Crippen molar-refractivity contribution in [2.24, 2.45) is 0 Å². The van der Waals surface area contributed by atoms with E-state index in [0.717, 1.165) is 28.5 Å². The van der Waals surface area contributed by atoms with Crippen LogP contribution in [0.4, 0.5) is 5.69 Å². The van der Waals surface area contributed by atoms with Crippen molar-refractivity contribution in [2.75, 3.05) is 18.4 Å². The largest absolute Gasteiger partial charge is 0.381 e. The number of hydrogen-bond acceptors (Lipinski definition) is 3. The van der Waals surface area contributed by atoms with Gasteiger partial charge in [-0.25, -0.2) is 0 Å². The third-order valence-corrected chi connectivity index (χ3v) is 5.10. The molecular formula is C19H21BrN4. The van der Waals surface area contributed by atoms with Crippen LogP contribution in [0.25, 0.3) is 10.9 Å². The minimum atomic E-state index is 0.496. The summed E-state index contributed by atoms with van der Waals surface area (Å²) in [6, 6.07) is 15.5. The molecule has 1 aliphatic rings. The first kappa shape index (κ1) is 15.7. The Morgan fingerprint density at radius 2 is 2.21 bits per heavy atom. The van der Waals surface area contributed by atoms with Gasteiger partial charge in [-0.3, -0.25) is 10.00 Å². The first-order chi connectivity index (χ1) is 11.8. The Hall–Kier alpha value is -1.85. The van der Waals surface area contributed by atoms with Crippen LogP contribution >= 0.6 is 15.9 Å². The van der Waals surface area contributed by atoms with Crippen LogP contribution in [0.3, 0.4) is 0 Å². The van der Waals surface area contributed by atoms with E-state index in [9.17, 15) is 0 Å². The van der Waals surface area contributed by atoms with Crippen molar-refractivity contribution in [2.45, 2.75) is 25.4 Å². The number of piperidine rings is 1. The van der Waals surface area contributed by atoms with Gasteiger partial charge in [0.1, 0.15) is 0 Å². The van der Waals surface area contributed by atoms with E-state index in [-0.39, 0.29) is 0 Å². The monoisotopic (exact) mass is 384 g/mol. The lowest BCUT2D eigenvalue weighted by Gasteiger charge is -2.33. The number of likely N-dealkylation sites (tertiary alicyclic amines) is 1. The van der Waals surface area contributed by atoms with Gasteiger partial charge >= 0.3 is 0 Å². The summed E-state index contributed by atoms with van der Waals surface area (Å²) in [4.78, 5) is 2.54. The Labute approximate surface area is 150 Å². The van der Waals surface area contributed by atoms with Gasteiger partial charge in [-0.1, -0.05) is 28.1 Å². The minimum Gasteiger partial charge on any atom is -0.381 e. The second kappa shape index (κ2) is 6.95. The van der Waals surface area contributed by atoms with Crippen molar-refractivity contribution in [3.8, 4) is 0 Å². The molecule has 0 amide bonds. The standard InChI is InChI=1S/C19H21BrN4/c20-16-4-1-3-14(9-16)12-24-8-2-5-18(13-24)22-17-6-7-19-15(10-17)11-21-23-19/h1,3-4,6-7,9-11,18,22H,2,5,8,12-13H2,(H,21,23)/t18-/m1/s1. The Kier molecular flexibility index (Phi) is 4.54. The SMILES string of the molecule is Brc1cccc(CN2CCC[C@@H](Nc3ccc4[nH]ncc4c3)C2)c1. The van der Waals surface area contributed by atoms with Gasteiger partial charge < -0.3 is 5.32 Å². The van der Waals surface area contributed by atoms with E-state index in [0.29, 0.717) is 6.04 Å². The summed E-state index contributed by atoms with van der Waals surface area (Å²) in [5.41, 5.74) is 3.63.